The van der Waals surface area contributed by atoms with Crippen LogP contribution >= 0.6 is 0 Å². The van der Waals surface area contributed by atoms with Gasteiger partial charge in [-0.05, 0) is 42.8 Å². The number of aryl methyl sites for hydroxylation is 1. The minimum Gasteiger partial charge on any atom is -0.497 e. The minimum atomic E-state index is 0.445. The molecule has 0 saturated heterocycles. The highest BCUT2D eigenvalue weighted by Gasteiger charge is 2.03. The fraction of sp³-hybridized carbons (Fsp3) is 0.211. The summed E-state index contributed by atoms with van der Waals surface area (Å²) in [5, 5.41) is 14.3. The third-order valence-electron chi connectivity index (χ3n) is 3.69. The van der Waals surface area contributed by atoms with Gasteiger partial charge in [-0.15, -0.1) is 5.10 Å². The van der Waals surface area contributed by atoms with Crippen LogP contribution in [0.5, 0.6) is 11.5 Å². The van der Waals surface area contributed by atoms with Crippen LogP contribution in [0, 0.1) is 6.92 Å². The largest absolute Gasteiger partial charge is 0.497 e. The lowest BCUT2D eigenvalue weighted by atomic mass is 10.2. The summed E-state index contributed by atoms with van der Waals surface area (Å²) >= 11 is 0. The van der Waals surface area contributed by atoms with Crippen LogP contribution in [0.1, 0.15) is 5.56 Å². The monoisotopic (exact) mass is 351 g/mol. The maximum Gasteiger partial charge on any atom is 0.249 e. The van der Waals surface area contributed by atoms with Crippen LogP contribution < -0.4 is 20.1 Å². The summed E-state index contributed by atoms with van der Waals surface area (Å²) < 4.78 is 10.8. The quantitative estimate of drug-likeness (QED) is 0.602. The summed E-state index contributed by atoms with van der Waals surface area (Å²) in [6, 6.07) is 15.4. The van der Waals surface area contributed by atoms with Crippen LogP contribution in [-0.2, 0) is 0 Å². The number of hydrogen-bond donors (Lipinski definition) is 2. The van der Waals surface area contributed by atoms with Gasteiger partial charge < -0.3 is 20.1 Å². The Bertz CT molecular complexity index is 839. The number of anilines is 3. The van der Waals surface area contributed by atoms with Gasteiger partial charge in [0.15, 0.2) is 5.82 Å². The second-order valence-electron chi connectivity index (χ2n) is 5.56. The van der Waals surface area contributed by atoms with Crippen LogP contribution in [0.25, 0.3) is 0 Å². The second kappa shape index (κ2) is 8.66. The molecule has 0 aliphatic rings. The number of methoxy groups -OCH3 is 1. The van der Waals surface area contributed by atoms with Crippen molar-refractivity contribution < 1.29 is 9.47 Å². The van der Waals surface area contributed by atoms with Gasteiger partial charge in [-0.25, -0.2) is 0 Å². The maximum atomic E-state index is 5.67. The predicted molar refractivity (Wildman–Crippen MR) is 101 cm³/mol. The number of rotatable bonds is 8. The van der Waals surface area contributed by atoms with Gasteiger partial charge in [0.1, 0.15) is 18.1 Å². The zero-order valence-electron chi connectivity index (χ0n) is 14.8. The molecule has 0 radical (unpaired) electrons. The van der Waals surface area contributed by atoms with E-state index in [4.69, 9.17) is 9.47 Å². The van der Waals surface area contributed by atoms with Gasteiger partial charge in [0.2, 0.25) is 5.95 Å². The number of aromatic nitrogens is 3. The second-order valence-corrected chi connectivity index (χ2v) is 5.56. The molecule has 0 amide bonds. The molecule has 0 fully saturated rings. The molecule has 0 spiro atoms. The summed E-state index contributed by atoms with van der Waals surface area (Å²) in [6.45, 7) is 3.11. The van der Waals surface area contributed by atoms with Gasteiger partial charge in [0.25, 0.3) is 0 Å². The zero-order valence-corrected chi connectivity index (χ0v) is 14.8. The van der Waals surface area contributed by atoms with Crippen molar-refractivity contribution in [3.8, 4) is 11.5 Å². The fourth-order valence-corrected chi connectivity index (χ4v) is 2.30. The molecule has 0 atom stereocenters. The van der Waals surface area contributed by atoms with Crippen molar-refractivity contribution in [1.29, 1.82) is 0 Å². The lowest BCUT2D eigenvalue weighted by molar-refractivity contribution is 0.331. The Balaban J connectivity index is 1.50. The molecule has 1 aromatic heterocycles. The normalized spacial score (nSPS) is 10.2. The SMILES string of the molecule is COc1ccc(OCCNc2cnnc(Nc3ccccc3C)n2)cc1. The van der Waals surface area contributed by atoms with Gasteiger partial charge in [0.05, 0.1) is 19.9 Å². The van der Waals surface area contributed by atoms with E-state index in [1.165, 1.54) is 0 Å². The highest BCUT2D eigenvalue weighted by atomic mass is 16.5. The lowest BCUT2D eigenvalue weighted by Gasteiger charge is -2.10. The Morgan fingerprint density at radius 1 is 1.00 bits per heavy atom. The molecule has 2 aromatic carbocycles. The number of benzene rings is 2. The smallest absolute Gasteiger partial charge is 0.249 e. The van der Waals surface area contributed by atoms with E-state index in [0.29, 0.717) is 24.9 Å². The van der Waals surface area contributed by atoms with E-state index in [2.05, 4.69) is 25.8 Å². The van der Waals surface area contributed by atoms with Crippen LogP contribution in [0.2, 0.25) is 0 Å². The Morgan fingerprint density at radius 3 is 2.54 bits per heavy atom. The summed E-state index contributed by atoms with van der Waals surface area (Å²) in [7, 11) is 1.64. The Labute approximate surface area is 152 Å². The first-order valence-corrected chi connectivity index (χ1v) is 8.28. The Morgan fingerprint density at radius 2 is 1.77 bits per heavy atom. The molecular formula is C19H21N5O2. The van der Waals surface area contributed by atoms with Crippen molar-refractivity contribution in [3.05, 3.63) is 60.3 Å². The molecule has 3 aromatic rings. The molecule has 0 saturated carbocycles. The lowest BCUT2D eigenvalue weighted by Crippen LogP contribution is -2.13. The molecule has 0 bridgehead atoms. The molecule has 7 heteroatoms. The highest BCUT2D eigenvalue weighted by Crippen LogP contribution is 2.18. The van der Waals surface area contributed by atoms with Crippen molar-refractivity contribution in [2.75, 3.05) is 30.9 Å². The number of hydrogen-bond acceptors (Lipinski definition) is 7. The number of nitrogens with zero attached hydrogens (tertiary/aromatic N) is 3. The molecule has 0 unspecified atom stereocenters. The molecule has 3 rings (SSSR count). The standard InChI is InChI=1S/C19H21N5O2/c1-14-5-3-4-6-17(14)22-19-23-18(13-21-24-19)20-11-12-26-16-9-7-15(25-2)8-10-16/h3-10,13H,11-12H2,1-2H3,(H2,20,22,23,24). The van der Waals surface area contributed by atoms with Crippen molar-refractivity contribution in [2.45, 2.75) is 6.92 Å². The summed E-state index contributed by atoms with van der Waals surface area (Å²) in [6.07, 6.45) is 1.58. The topological polar surface area (TPSA) is 81.2 Å². The van der Waals surface area contributed by atoms with Gasteiger partial charge in [-0.3, -0.25) is 0 Å². The summed E-state index contributed by atoms with van der Waals surface area (Å²) in [5.74, 6) is 2.67. The fourth-order valence-electron chi connectivity index (χ4n) is 2.30. The van der Waals surface area contributed by atoms with Crippen molar-refractivity contribution in [3.63, 3.8) is 0 Å². The summed E-state index contributed by atoms with van der Waals surface area (Å²) in [5.41, 5.74) is 2.07. The first-order chi connectivity index (χ1) is 12.7. The van der Waals surface area contributed by atoms with Crippen LogP contribution in [0.3, 0.4) is 0 Å². The van der Waals surface area contributed by atoms with E-state index in [0.717, 1.165) is 22.7 Å². The third kappa shape index (κ3) is 4.83. The molecule has 134 valence electrons. The first kappa shape index (κ1) is 17.5. The van der Waals surface area contributed by atoms with Crippen LogP contribution in [0.4, 0.5) is 17.5 Å². The molecule has 26 heavy (non-hydrogen) atoms. The van der Waals surface area contributed by atoms with E-state index in [1.54, 1.807) is 13.3 Å². The minimum absolute atomic E-state index is 0.445. The number of ether oxygens (including phenoxy) is 2. The Hall–Kier alpha value is -3.35. The van der Waals surface area contributed by atoms with Crippen LogP contribution in [0.15, 0.2) is 54.7 Å². The third-order valence-corrected chi connectivity index (χ3v) is 3.69. The van der Waals surface area contributed by atoms with Crippen molar-refractivity contribution in [1.82, 2.24) is 15.2 Å². The highest BCUT2D eigenvalue weighted by molar-refractivity contribution is 5.58. The average Bonchev–Trinajstić information content (AvgIpc) is 2.68. The van der Waals surface area contributed by atoms with Crippen LogP contribution in [-0.4, -0.2) is 35.4 Å². The first-order valence-electron chi connectivity index (χ1n) is 8.28. The predicted octanol–water partition coefficient (Wildman–Crippen LogP) is 3.42. The molecule has 7 nitrogen and oxygen atoms in total. The van der Waals surface area contributed by atoms with E-state index in [-0.39, 0.29) is 0 Å². The van der Waals surface area contributed by atoms with Crippen molar-refractivity contribution >= 4 is 17.5 Å². The average molecular weight is 351 g/mol. The molecular weight excluding hydrogens is 330 g/mol. The van der Waals surface area contributed by atoms with Gasteiger partial charge >= 0.3 is 0 Å². The van der Waals surface area contributed by atoms with E-state index in [9.17, 15) is 0 Å². The van der Waals surface area contributed by atoms with Gasteiger partial charge in [-0.1, -0.05) is 18.2 Å². The molecule has 0 aliphatic carbocycles. The number of para-hydroxylation sites is 1. The molecule has 0 aliphatic heterocycles. The summed E-state index contributed by atoms with van der Waals surface area (Å²) in [4.78, 5) is 4.41. The zero-order chi connectivity index (χ0) is 18.2. The van der Waals surface area contributed by atoms with E-state index in [1.807, 2.05) is 55.5 Å². The van der Waals surface area contributed by atoms with E-state index < -0.39 is 0 Å². The van der Waals surface area contributed by atoms with E-state index >= 15 is 0 Å². The number of nitrogens with one attached hydrogen (secondary N) is 2. The maximum absolute atomic E-state index is 5.67. The van der Waals surface area contributed by atoms with Gasteiger partial charge in [-0.2, -0.15) is 10.1 Å². The van der Waals surface area contributed by atoms with Crippen molar-refractivity contribution in [2.24, 2.45) is 0 Å². The Kier molecular flexibility index (Phi) is 5.82. The molecule has 2 N–H and O–H groups in total. The molecule has 1 heterocycles. The van der Waals surface area contributed by atoms with Gasteiger partial charge in [0, 0.05) is 5.69 Å².